The third-order valence-electron chi connectivity index (χ3n) is 2.17. The number of hydrazine groups is 1. The normalized spacial score (nSPS) is 13.5. The number of methoxy groups -OCH3 is 1. The van der Waals surface area contributed by atoms with Crippen molar-refractivity contribution >= 4 is 17.3 Å². The Morgan fingerprint density at radius 2 is 2.53 bits per heavy atom. The molecule has 1 aromatic heterocycles. The van der Waals surface area contributed by atoms with Crippen molar-refractivity contribution in [3.63, 3.8) is 0 Å². The molecule has 0 bridgehead atoms. The van der Waals surface area contributed by atoms with E-state index in [9.17, 15) is 0 Å². The summed E-state index contributed by atoms with van der Waals surface area (Å²) in [5.74, 6) is 5.97. The second-order valence-corrected chi connectivity index (χ2v) is 4.27. The molecule has 1 atom stereocenters. The third kappa shape index (κ3) is 4.68. The predicted octanol–water partition coefficient (Wildman–Crippen LogP) is 0.650. The van der Waals surface area contributed by atoms with Crippen LogP contribution in [-0.4, -0.2) is 31.2 Å². The molecule has 0 aromatic carbocycles. The Morgan fingerprint density at radius 3 is 3.06 bits per heavy atom. The number of aromatic nitrogens is 1. The molecular formula is C10H19N5OS. The van der Waals surface area contributed by atoms with Gasteiger partial charge in [-0.1, -0.05) is 6.92 Å². The summed E-state index contributed by atoms with van der Waals surface area (Å²) in [5.41, 5.74) is 2.55. The van der Waals surface area contributed by atoms with E-state index < -0.39 is 0 Å². The molecule has 96 valence electrons. The van der Waals surface area contributed by atoms with Crippen LogP contribution in [0.25, 0.3) is 0 Å². The minimum Gasteiger partial charge on any atom is -0.383 e. The van der Waals surface area contributed by atoms with Gasteiger partial charge in [-0.2, -0.15) is 0 Å². The Hall–Kier alpha value is -1.18. The quantitative estimate of drug-likeness (QED) is 0.229. The molecule has 0 fully saturated rings. The third-order valence-corrected chi connectivity index (χ3v) is 3.06. The van der Waals surface area contributed by atoms with Crippen molar-refractivity contribution in [1.82, 2.24) is 15.7 Å². The second-order valence-electron chi connectivity index (χ2n) is 3.34. The van der Waals surface area contributed by atoms with Gasteiger partial charge in [0.05, 0.1) is 19.2 Å². The first-order valence-electron chi connectivity index (χ1n) is 5.47. The summed E-state index contributed by atoms with van der Waals surface area (Å²) in [5, 5.41) is 6.21. The summed E-state index contributed by atoms with van der Waals surface area (Å²) >= 11 is 1.61. The van der Waals surface area contributed by atoms with Crippen LogP contribution in [0.1, 0.15) is 24.4 Å². The van der Waals surface area contributed by atoms with E-state index in [1.165, 1.54) is 0 Å². The molecule has 4 N–H and O–H groups in total. The zero-order valence-corrected chi connectivity index (χ0v) is 11.0. The van der Waals surface area contributed by atoms with E-state index in [4.69, 9.17) is 10.6 Å². The lowest BCUT2D eigenvalue weighted by atomic mass is 10.2. The smallest absolute Gasteiger partial charge is 0.206 e. The van der Waals surface area contributed by atoms with Gasteiger partial charge in [0.2, 0.25) is 5.96 Å². The topological polar surface area (TPSA) is 84.6 Å². The van der Waals surface area contributed by atoms with E-state index >= 15 is 0 Å². The minimum atomic E-state index is 0.132. The highest BCUT2D eigenvalue weighted by Crippen LogP contribution is 2.18. The van der Waals surface area contributed by atoms with E-state index in [1.807, 2.05) is 5.38 Å². The molecule has 0 aliphatic rings. The van der Waals surface area contributed by atoms with Crippen molar-refractivity contribution in [3.8, 4) is 0 Å². The molecule has 1 rings (SSSR count). The summed E-state index contributed by atoms with van der Waals surface area (Å²) in [6.45, 7) is 3.22. The van der Waals surface area contributed by atoms with Crippen molar-refractivity contribution in [2.24, 2.45) is 10.8 Å². The van der Waals surface area contributed by atoms with Gasteiger partial charge in [-0.05, 0) is 6.42 Å². The fraction of sp³-hybridized carbons (Fsp3) is 0.600. The summed E-state index contributed by atoms with van der Waals surface area (Å²) in [4.78, 5) is 8.53. The molecule has 0 saturated carbocycles. The van der Waals surface area contributed by atoms with Crippen LogP contribution in [0.4, 0.5) is 0 Å². The number of hydrogen-bond acceptors (Lipinski definition) is 5. The zero-order chi connectivity index (χ0) is 12.5. The highest BCUT2D eigenvalue weighted by Gasteiger charge is 2.12. The zero-order valence-electron chi connectivity index (χ0n) is 10.1. The first-order chi connectivity index (χ1) is 8.31. The van der Waals surface area contributed by atoms with Gasteiger partial charge in [0.1, 0.15) is 5.01 Å². The monoisotopic (exact) mass is 257 g/mol. The Kier molecular flexibility index (Phi) is 6.53. The number of nitrogens with one attached hydrogen (secondary N) is 2. The van der Waals surface area contributed by atoms with Gasteiger partial charge in [-0.25, -0.2) is 15.8 Å². The molecule has 1 unspecified atom stereocenters. The van der Waals surface area contributed by atoms with E-state index in [0.29, 0.717) is 19.1 Å². The molecule has 1 aromatic rings. The van der Waals surface area contributed by atoms with Crippen LogP contribution in [0.3, 0.4) is 0 Å². The Bertz CT molecular complexity index is 327. The number of hydrogen-bond donors (Lipinski definition) is 3. The van der Waals surface area contributed by atoms with Crippen LogP contribution in [-0.2, 0) is 4.74 Å². The van der Waals surface area contributed by atoms with Gasteiger partial charge < -0.3 is 10.1 Å². The molecule has 6 nitrogen and oxygen atoms in total. The second kappa shape index (κ2) is 7.99. The number of thiazole rings is 1. The molecule has 0 aliphatic carbocycles. The first-order valence-corrected chi connectivity index (χ1v) is 6.35. The van der Waals surface area contributed by atoms with Crippen molar-refractivity contribution in [1.29, 1.82) is 0 Å². The molecule has 0 aliphatic heterocycles. The number of nitrogens with zero attached hydrogens (tertiary/aromatic N) is 2. The van der Waals surface area contributed by atoms with Crippen LogP contribution in [0.2, 0.25) is 0 Å². The Labute approximate surface area is 105 Å². The number of aliphatic imine (C=N–C) groups is 1. The predicted molar refractivity (Wildman–Crippen MR) is 69.8 cm³/mol. The van der Waals surface area contributed by atoms with E-state index in [-0.39, 0.29) is 6.04 Å². The SMILES string of the molecule is CCC(NC(=NCCOC)NN)c1nccs1. The maximum absolute atomic E-state index is 5.41. The van der Waals surface area contributed by atoms with Crippen LogP contribution in [0, 0.1) is 0 Å². The van der Waals surface area contributed by atoms with Gasteiger partial charge in [0, 0.05) is 18.7 Å². The molecule has 0 saturated heterocycles. The maximum atomic E-state index is 5.41. The highest BCUT2D eigenvalue weighted by molar-refractivity contribution is 7.09. The van der Waals surface area contributed by atoms with Crippen LogP contribution >= 0.6 is 11.3 Å². The number of nitrogens with two attached hydrogens (primary N) is 1. The minimum absolute atomic E-state index is 0.132. The Morgan fingerprint density at radius 1 is 1.71 bits per heavy atom. The molecule has 0 radical (unpaired) electrons. The molecule has 17 heavy (non-hydrogen) atoms. The van der Waals surface area contributed by atoms with Crippen LogP contribution < -0.4 is 16.6 Å². The molecule has 0 spiro atoms. The summed E-state index contributed by atoms with van der Waals surface area (Å²) in [6, 6.07) is 0.132. The molecular weight excluding hydrogens is 238 g/mol. The fourth-order valence-corrected chi connectivity index (χ4v) is 2.06. The fourth-order valence-electron chi connectivity index (χ4n) is 1.29. The van der Waals surface area contributed by atoms with Gasteiger partial charge in [-0.15, -0.1) is 11.3 Å². The molecule has 1 heterocycles. The van der Waals surface area contributed by atoms with Crippen molar-refractivity contribution in [2.45, 2.75) is 19.4 Å². The standard InChI is InChI=1S/C10H19N5OS/c1-3-8(9-12-5-7-17-9)14-10(15-11)13-4-6-16-2/h5,7-8H,3-4,6,11H2,1-2H3,(H2,13,14,15). The number of rotatable bonds is 6. The summed E-state index contributed by atoms with van der Waals surface area (Å²) in [7, 11) is 1.64. The average molecular weight is 257 g/mol. The Balaban J connectivity index is 2.56. The maximum Gasteiger partial charge on any atom is 0.206 e. The lowest BCUT2D eigenvalue weighted by Crippen LogP contribution is -2.43. The molecule has 7 heteroatoms. The van der Waals surface area contributed by atoms with Crippen LogP contribution in [0.15, 0.2) is 16.6 Å². The van der Waals surface area contributed by atoms with E-state index in [2.05, 4.69) is 27.6 Å². The number of ether oxygens (including phenoxy) is 1. The van der Waals surface area contributed by atoms with Gasteiger partial charge in [0.25, 0.3) is 0 Å². The van der Waals surface area contributed by atoms with E-state index in [0.717, 1.165) is 11.4 Å². The van der Waals surface area contributed by atoms with Crippen molar-refractivity contribution < 1.29 is 4.74 Å². The first kappa shape index (κ1) is 13.9. The number of guanidine groups is 1. The lowest BCUT2D eigenvalue weighted by molar-refractivity contribution is 0.208. The largest absolute Gasteiger partial charge is 0.383 e. The van der Waals surface area contributed by atoms with Crippen molar-refractivity contribution in [2.75, 3.05) is 20.3 Å². The van der Waals surface area contributed by atoms with Gasteiger partial charge in [-0.3, -0.25) is 5.43 Å². The average Bonchev–Trinajstić information content (AvgIpc) is 2.87. The van der Waals surface area contributed by atoms with Crippen molar-refractivity contribution in [3.05, 3.63) is 16.6 Å². The van der Waals surface area contributed by atoms with Crippen LogP contribution in [0.5, 0.6) is 0 Å². The highest BCUT2D eigenvalue weighted by atomic mass is 32.1. The lowest BCUT2D eigenvalue weighted by Gasteiger charge is -2.16. The van der Waals surface area contributed by atoms with E-state index in [1.54, 1.807) is 24.6 Å². The molecule has 0 amide bonds. The summed E-state index contributed by atoms with van der Waals surface area (Å²) < 4.78 is 4.93. The van der Waals surface area contributed by atoms with Gasteiger partial charge >= 0.3 is 0 Å². The summed E-state index contributed by atoms with van der Waals surface area (Å²) in [6.07, 6.45) is 2.71. The van der Waals surface area contributed by atoms with Gasteiger partial charge in [0.15, 0.2) is 0 Å².